The molecule has 1 fully saturated rings. The maximum Gasteiger partial charge on any atom is 0.226 e. The Hall–Kier alpha value is -1.75. The lowest BCUT2D eigenvalue weighted by atomic mass is 9.83. The zero-order chi connectivity index (χ0) is 15.1. The summed E-state index contributed by atoms with van der Waals surface area (Å²) in [6.45, 7) is 1.20. The number of rotatable bonds is 8. The van der Waals surface area contributed by atoms with Crippen molar-refractivity contribution in [2.75, 3.05) is 31.4 Å². The average Bonchev–Trinajstić information content (AvgIpc) is 2.41. The second-order valence-corrected chi connectivity index (χ2v) is 5.46. The third-order valence-electron chi connectivity index (χ3n) is 3.87. The number of nitrogens with one attached hydrogen (secondary N) is 1. The second kappa shape index (κ2) is 7.88. The third kappa shape index (κ3) is 4.93. The van der Waals surface area contributed by atoms with E-state index in [4.69, 9.17) is 15.2 Å². The summed E-state index contributed by atoms with van der Waals surface area (Å²) >= 11 is 0. The number of hydrogen-bond donors (Lipinski definition) is 2. The zero-order valence-corrected chi connectivity index (χ0v) is 12.6. The van der Waals surface area contributed by atoms with E-state index in [1.165, 1.54) is 19.3 Å². The summed E-state index contributed by atoms with van der Waals surface area (Å²) in [5.74, 6) is 1.35. The lowest BCUT2D eigenvalue weighted by molar-refractivity contribution is -0.117. The van der Waals surface area contributed by atoms with Crippen molar-refractivity contribution in [2.45, 2.75) is 32.1 Å². The number of amides is 1. The first-order valence-electron chi connectivity index (χ1n) is 7.50. The number of nitrogen functional groups attached to an aromatic ring is 1. The van der Waals surface area contributed by atoms with Crippen LogP contribution in [0.4, 0.5) is 11.4 Å². The first-order valence-corrected chi connectivity index (χ1v) is 7.50. The normalized spacial score (nSPS) is 14.5. The Morgan fingerprint density at radius 2 is 2.19 bits per heavy atom. The molecule has 1 aromatic carbocycles. The topological polar surface area (TPSA) is 73.6 Å². The maximum atomic E-state index is 11.9. The van der Waals surface area contributed by atoms with Gasteiger partial charge in [0.2, 0.25) is 5.91 Å². The highest BCUT2D eigenvalue weighted by molar-refractivity contribution is 5.92. The van der Waals surface area contributed by atoms with Gasteiger partial charge in [0.05, 0.1) is 25.8 Å². The minimum Gasteiger partial charge on any atom is -0.495 e. The molecule has 0 aromatic heterocycles. The molecule has 1 amide bonds. The van der Waals surface area contributed by atoms with E-state index in [2.05, 4.69) is 5.32 Å². The van der Waals surface area contributed by atoms with Gasteiger partial charge >= 0.3 is 0 Å². The van der Waals surface area contributed by atoms with Crippen molar-refractivity contribution in [3.63, 3.8) is 0 Å². The van der Waals surface area contributed by atoms with Gasteiger partial charge in [-0.05, 0) is 30.5 Å². The van der Waals surface area contributed by atoms with Gasteiger partial charge in [-0.1, -0.05) is 19.3 Å². The fourth-order valence-electron chi connectivity index (χ4n) is 2.33. The summed E-state index contributed by atoms with van der Waals surface area (Å²) in [5.41, 5.74) is 6.89. The van der Waals surface area contributed by atoms with Crippen LogP contribution in [0.15, 0.2) is 18.2 Å². The fourth-order valence-corrected chi connectivity index (χ4v) is 2.33. The monoisotopic (exact) mass is 292 g/mol. The van der Waals surface area contributed by atoms with Gasteiger partial charge in [-0.3, -0.25) is 4.79 Å². The fraction of sp³-hybridized carbons (Fsp3) is 0.562. The standard InChI is InChI=1S/C16H24N2O3/c1-20-15-6-5-13(17)11-14(15)18-16(19)8-10-21-9-7-12-3-2-4-12/h5-6,11-12H,2-4,7-10,17H2,1H3,(H,18,19). The van der Waals surface area contributed by atoms with Crippen LogP contribution in [0.1, 0.15) is 32.1 Å². The largest absolute Gasteiger partial charge is 0.495 e. The number of benzene rings is 1. The van der Waals surface area contributed by atoms with Crippen LogP contribution < -0.4 is 15.8 Å². The predicted octanol–water partition coefficient (Wildman–Crippen LogP) is 2.81. The number of carbonyl (C=O) groups is 1. The molecule has 1 aliphatic rings. The molecule has 0 unspecified atom stereocenters. The molecule has 0 radical (unpaired) electrons. The zero-order valence-electron chi connectivity index (χ0n) is 12.6. The minimum absolute atomic E-state index is 0.0949. The van der Waals surface area contributed by atoms with Gasteiger partial charge in [-0.2, -0.15) is 0 Å². The average molecular weight is 292 g/mol. The van der Waals surface area contributed by atoms with Crippen LogP contribution in [0.25, 0.3) is 0 Å². The van der Waals surface area contributed by atoms with Crippen molar-refractivity contribution in [3.05, 3.63) is 18.2 Å². The number of ether oxygens (including phenoxy) is 2. The molecule has 1 aliphatic carbocycles. The smallest absolute Gasteiger partial charge is 0.226 e. The molecule has 1 aromatic rings. The van der Waals surface area contributed by atoms with Crippen LogP contribution in [-0.2, 0) is 9.53 Å². The van der Waals surface area contributed by atoms with Crippen molar-refractivity contribution in [2.24, 2.45) is 5.92 Å². The third-order valence-corrected chi connectivity index (χ3v) is 3.87. The number of hydrogen-bond acceptors (Lipinski definition) is 4. The second-order valence-electron chi connectivity index (χ2n) is 5.46. The van der Waals surface area contributed by atoms with Gasteiger partial charge in [0.15, 0.2) is 0 Å². The lowest BCUT2D eigenvalue weighted by Crippen LogP contribution is -2.17. The maximum absolute atomic E-state index is 11.9. The Bertz CT molecular complexity index is 473. The molecular formula is C16H24N2O3. The molecular weight excluding hydrogens is 268 g/mol. The van der Waals surface area contributed by atoms with E-state index >= 15 is 0 Å². The summed E-state index contributed by atoms with van der Waals surface area (Å²) < 4.78 is 10.7. The first kappa shape index (κ1) is 15.6. The van der Waals surface area contributed by atoms with Crippen LogP contribution in [0.3, 0.4) is 0 Å². The van der Waals surface area contributed by atoms with Gasteiger partial charge in [0.1, 0.15) is 5.75 Å². The molecule has 2 rings (SSSR count). The van der Waals surface area contributed by atoms with E-state index < -0.39 is 0 Å². The van der Waals surface area contributed by atoms with E-state index in [1.54, 1.807) is 25.3 Å². The molecule has 5 nitrogen and oxygen atoms in total. The van der Waals surface area contributed by atoms with E-state index in [0.717, 1.165) is 18.9 Å². The Labute approximate surface area is 125 Å². The molecule has 0 spiro atoms. The van der Waals surface area contributed by atoms with Gasteiger partial charge in [-0.25, -0.2) is 0 Å². The van der Waals surface area contributed by atoms with Crippen LogP contribution in [-0.4, -0.2) is 26.2 Å². The Balaban J connectivity index is 1.67. The molecule has 0 aliphatic heterocycles. The lowest BCUT2D eigenvalue weighted by Gasteiger charge is -2.24. The quantitative estimate of drug-likeness (QED) is 0.571. The molecule has 21 heavy (non-hydrogen) atoms. The molecule has 0 bridgehead atoms. The number of anilines is 2. The summed E-state index contributed by atoms with van der Waals surface area (Å²) in [5, 5.41) is 2.80. The Morgan fingerprint density at radius 1 is 1.38 bits per heavy atom. The van der Waals surface area contributed by atoms with Gasteiger partial charge in [0.25, 0.3) is 0 Å². The first-order chi connectivity index (χ1) is 10.2. The summed E-state index contributed by atoms with van der Waals surface area (Å²) in [4.78, 5) is 11.9. The van der Waals surface area contributed by atoms with Crippen LogP contribution in [0, 0.1) is 5.92 Å². The molecule has 0 saturated heterocycles. The Morgan fingerprint density at radius 3 is 2.86 bits per heavy atom. The summed E-state index contributed by atoms with van der Waals surface area (Å²) in [7, 11) is 1.56. The van der Waals surface area contributed by atoms with Crippen molar-refractivity contribution in [1.82, 2.24) is 0 Å². The van der Waals surface area contributed by atoms with Crippen molar-refractivity contribution >= 4 is 17.3 Å². The molecule has 0 atom stereocenters. The summed E-state index contributed by atoms with van der Waals surface area (Å²) in [6, 6.07) is 5.16. The highest BCUT2D eigenvalue weighted by Gasteiger charge is 2.16. The Kier molecular flexibility index (Phi) is 5.87. The van der Waals surface area contributed by atoms with E-state index in [-0.39, 0.29) is 5.91 Å². The number of nitrogens with two attached hydrogens (primary N) is 1. The number of methoxy groups -OCH3 is 1. The molecule has 3 N–H and O–H groups in total. The predicted molar refractivity (Wildman–Crippen MR) is 83.4 cm³/mol. The highest BCUT2D eigenvalue weighted by atomic mass is 16.5. The SMILES string of the molecule is COc1ccc(N)cc1NC(=O)CCOCCC1CCC1. The van der Waals surface area contributed by atoms with E-state index in [0.29, 0.717) is 30.2 Å². The number of carbonyl (C=O) groups excluding carboxylic acids is 1. The van der Waals surface area contributed by atoms with Crippen molar-refractivity contribution in [3.8, 4) is 5.75 Å². The van der Waals surface area contributed by atoms with E-state index in [9.17, 15) is 4.79 Å². The highest BCUT2D eigenvalue weighted by Crippen LogP contribution is 2.29. The van der Waals surface area contributed by atoms with Gasteiger partial charge in [0, 0.05) is 12.3 Å². The molecule has 116 valence electrons. The van der Waals surface area contributed by atoms with Gasteiger partial charge < -0.3 is 20.5 Å². The van der Waals surface area contributed by atoms with E-state index in [1.807, 2.05) is 0 Å². The molecule has 1 saturated carbocycles. The molecule has 0 heterocycles. The van der Waals surface area contributed by atoms with Crippen LogP contribution in [0.2, 0.25) is 0 Å². The minimum atomic E-state index is -0.0949. The molecule has 5 heteroatoms. The van der Waals surface area contributed by atoms with Crippen molar-refractivity contribution < 1.29 is 14.3 Å². The van der Waals surface area contributed by atoms with Crippen molar-refractivity contribution in [1.29, 1.82) is 0 Å². The van der Waals surface area contributed by atoms with Gasteiger partial charge in [-0.15, -0.1) is 0 Å². The van der Waals surface area contributed by atoms with Crippen LogP contribution in [0.5, 0.6) is 5.75 Å². The summed E-state index contributed by atoms with van der Waals surface area (Å²) in [6.07, 6.45) is 5.47. The van der Waals surface area contributed by atoms with Crippen LogP contribution >= 0.6 is 0 Å².